The quantitative estimate of drug-likeness (QED) is 0.363. The number of imidazole rings is 1. The van der Waals surface area contributed by atoms with Gasteiger partial charge in [0.25, 0.3) is 0 Å². The SMILES string of the molecule is OC(CCCc1ccccc1-c1cocn1)(c1cnc[nH]1)c1ccccc1-c1cocn1. The summed E-state index contributed by atoms with van der Waals surface area (Å²) < 4.78 is 10.4. The lowest BCUT2D eigenvalue weighted by molar-refractivity contribution is 0.0653. The van der Waals surface area contributed by atoms with Crippen LogP contribution in [0.4, 0.5) is 0 Å². The number of rotatable bonds is 8. The fraction of sp³-hybridized carbons (Fsp3) is 0.160. The first-order valence-electron chi connectivity index (χ1n) is 10.4. The van der Waals surface area contributed by atoms with Crippen molar-refractivity contribution < 1.29 is 13.9 Å². The molecule has 3 heterocycles. The van der Waals surface area contributed by atoms with Gasteiger partial charge in [0.05, 0.1) is 18.2 Å². The second-order valence-corrected chi connectivity index (χ2v) is 7.63. The van der Waals surface area contributed by atoms with Crippen LogP contribution in [0.1, 0.15) is 29.7 Å². The third kappa shape index (κ3) is 3.74. The summed E-state index contributed by atoms with van der Waals surface area (Å²) in [5, 5.41) is 12.0. The van der Waals surface area contributed by atoms with Gasteiger partial charge < -0.3 is 18.9 Å². The first-order valence-corrected chi connectivity index (χ1v) is 10.4. The van der Waals surface area contributed by atoms with Crippen molar-refractivity contribution in [2.45, 2.75) is 24.9 Å². The third-order valence-electron chi connectivity index (χ3n) is 5.74. The van der Waals surface area contributed by atoms with Crippen molar-refractivity contribution in [1.29, 1.82) is 0 Å². The molecule has 0 aliphatic carbocycles. The molecule has 160 valence electrons. The first-order chi connectivity index (χ1) is 15.8. The van der Waals surface area contributed by atoms with Crippen LogP contribution < -0.4 is 0 Å². The van der Waals surface area contributed by atoms with Gasteiger partial charge in [-0.3, -0.25) is 0 Å². The topological polar surface area (TPSA) is 101 Å². The van der Waals surface area contributed by atoms with E-state index < -0.39 is 5.60 Å². The second kappa shape index (κ2) is 8.64. The van der Waals surface area contributed by atoms with Gasteiger partial charge >= 0.3 is 0 Å². The zero-order valence-corrected chi connectivity index (χ0v) is 17.3. The second-order valence-electron chi connectivity index (χ2n) is 7.63. The highest BCUT2D eigenvalue weighted by Crippen LogP contribution is 2.39. The molecule has 0 bridgehead atoms. The zero-order valence-electron chi connectivity index (χ0n) is 17.3. The lowest BCUT2D eigenvalue weighted by Gasteiger charge is -2.29. The number of nitrogens with one attached hydrogen (secondary N) is 1. The van der Waals surface area contributed by atoms with Crippen molar-refractivity contribution in [1.82, 2.24) is 19.9 Å². The minimum absolute atomic E-state index is 0.483. The van der Waals surface area contributed by atoms with Crippen molar-refractivity contribution in [3.8, 4) is 22.5 Å². The molecule has 2 N–H and O–H groups in total. The number of hydrogen-bond acceptors (Lipinski definition) is 6. The van der Waals surface area contributed by atoms with Crippen molar-refractivity contribution in [3.05, 3.63) is 103 Å². The molecule has 7 nitrogen and oxygen atoms in total. The van der Waals surface area contributed by atoms with Crippen LogP contribution in [0.25, 0.3) is 22.5 Å². The summed E-state index contributed by atoms with van der Waals surface area (Å²) in [6, 6.07) is 15.8. The lowest BCUT2D eigenvalue weighted by atomic mass is 9.82. The predicted molar refractivity (Wildman–Crippen MR) is 118 cm³/mol. The molecule has 5 aromatic rings. The van der Waals surface area contributed by atoms with E-state index in [0.717, 1.165) is 40.8 Å². The monoisotopic (exact) mass is 426 g/mol. The molecular formula is C25H22N4O3. The Bertz CT molecular complexity index is 1260. The standard InChI is InChI=1S/C25H22N4O3/c30-25(24-12-26-15-27-24,21-10-4-3-9-20(21)23-14-32-17-29-23)11-5-7-18-6-1-2-8-19(18)22-13-31-16-28-22/h1-4,6,8-10,12-17,30H,5,7,11H2,(H,26,27). The summed E-state index contributed by atoms with van der Waals surface area (Å²) in [4.78, 5) is 15.8. The zero-order chi connectivity index (χ0) is 21.8. The van der Waals surface area contributed by atoms with Crippen molar-refractivity contribution in [3.63, 3.8) is 0 Å². The van der Waals surface area contributed by atoms with Gasteiger partial charge in [-0.25, -0.2) is 15.0 Å². The molecule has 7 heteroatoms. The first kappa shape index (κ1) is 20.0. The number of oxazole rings is 2. The summed E-state index contributed by atoms with van der Waals surface area (Å²) in [6.45, 7) is 0. The van der Waals surface area contributed by atoms with Crippen LogP contribution in [0, 0.1) is 0 Å². The highest BCUT2D eigenvalue weighted by Gasteiger charge is 2.35. The number of benzene rings is 2. The van der Waals surface area contributed by atoms with E-state index in [9.17, 15) is 5.11 Å². The van der Waals surface area contributed by atoms with E-state index in [1.807, 2.05) is 42.5 Å². The summed E-state index contributed by atoms with van der Waals surface area (Å²) in [5.74, 6) is 0. The number of H-pyrrole nitrogens is 1. The maximum absolute atomic E-state index is 12.0. The van der Waals surface area contributed by atoms with Gasteiger partial charge in [0, 0.05) is 11.1 Å². The molecule has 0 amide bonds. The highest BCUT2D eigenvalue weighted by atomic mass is 16.3. The molecule has 0 spiro atoms. The summed E-state index contributed by atoms with van der Waals surface area (Å²) in [7, 11) is 0. The van der Waals surface area contributed by atoms with Crippen LogP contribution in [0.15, 0.2) is 95.2 Å². The van der Waals surface area contributed by atoms with E-state index >= 15 is 0 Å². The minimum atomic E-state index is -1.27. The van der Waals surface area contributed by atoms with E-state index in [1.165, 1.54) is 12.8 Å². The number of hydrogen-bond donors (Lipinski definition) is 2. The molecule has 3 aromatic heterocycles. The molecule has 5 rings (SSSR count). The molecule has 0 fully saturated rings. The molecule has 1 unspecified atom stereocenters. The van der Waals surface area contributed by atoms with Crippen molar-refractivity contribution >= 4 is 0 Å². The van der Waals surface area contributed by atoms with Crippen LogP contribution in [0.2, 0.25) is 0 Å². The number of aromatic amines is 1. The van der Waals surface area contributed by atoms with Gasteiger partial charge in [-0.2, -0.15) is 0 Å². The molecular weight excluding hydrogens is 404 g/mol. The number of nitrogens with zero attached hydrogens (tertiary/aromatic N) is 3. The molecule has 0 aliphatic rings. The predicted octanol–water partition coefficient (Wildman–Crippen LogP) is 4.98. The highest BCUT2D eigenvalue weighted by molar-refractivity contribution is 5.65. The number of aromatic nitrogens is 4. The van der Waals surface area contributed by atoms with Gasteiger partial charge in [-0.1, -0.05) is 48.5 Å². The average Bonchev–Trinajstić information content (AvgIpc) is 3.62. The van der Waals surface area contributed by atoms with E-state index in [1.54, 1.807) is 25.1 Å². The Morgan fingerprint density at radius 1 is 0.875 bits per heavy atom. The largest absolute Gasteiger partial charge is 0.451 e. The molecule has 0 radical (unpaired) electrons. The fourth-order valence-electron chi connectivity index (χ4n) is 4.18. The van der Waals surface area contributed by atoms with E-state index in [4.69, 9.17) is 8.83 Å². The summed E-state index contributed by atoms with van der Waals surface area (Å²) >= 11 is 0. The number of aliphatic hydroxyl groups is 1. The van der Waals surface area contributed by atoms with Crippen LogP contribution in [-0.2, 0) is 12.0 Å². The fourth-order valence-corrected chi connectivity index (χ4v) is 4.18. The van der Waals surface area contributed by atoms with E-state index in [0.29, 0.717) is 17.8 Å². The Morgan fingerprint density at radius 2 is 1.56 bits per heavy atom. The van der Waals surface area contributed by atoms with Gasteiger partial charge in [0.1, 0.15) is 29.5 Å². The van der Waals surface area contributed by atoms with Gasteiger partial charge in [0.2, 0.25) is 0 Å². The molecule has 0 saturated carbocycles. The Morgan fingerprint density at radius 3 is 2.25 bits per heavy atom. The van der Waals surface area contributed by atoms with Gasteiger partial charge in [0.15, 0.2) is 12.8 Å². The maximum atomic E-state index is 12.0. The third-order valence-corrected chi connectivity index (χ3v) is 5.74. The van der Waals surface area contributed by atoms with Crippen LogP contribution in [-0.4, -0.2) is 25.0 Å². The molecule has 32 heavy (non-hydrogen) atoms. The Kier molecular flexibility index (Phi) is 5.39. The molecule has 1 atom stereocenters. The Hall–Kier alpha value is -3.97. The van der Waals surface area contributed by atoms with Crippen molar-refractivity contribution in [2.75, 3.05) is 0 Å². The number of aryl methyl sites for hydroxylation is 1. The average molecular weight is 426 g/mol. The molecule has 2 aromatic carbocycles. The lowest BCUT2D eigenvalue weighted by Crippen LogP contribution is -2.29. The maximum Gasteiger partial charge on any atom is 0.181 e. The minimum Gasteiger partial charge on any atom is -0.451 e. The Balaban J connectivity index is 1.46. The van der Waals surface area contributed by atoms with E-state index in [2.05, 4.69) is 26.0 Å². The van der Waals surface area contributed by atoms with Gasteiger partial charge in [-0.05, 0) is 30.4 Å². The molecule has 0 saturated heterocycles. The smallest absolute Gasteiger partial charge is 0.181 e. The summed E-state index contributed by atoms with van der Waals surface area (Å²) in [6.07, 6.45) is 11.3. The van der Waals surface area contributed by atoms with Crippen LogP contribution in [0.5, 0.6) is 0 Å². The van der Waals surface area contributed by atoms with Crippen LogP contribution in [0.3, 0.4) is 0 Å². The van der Waals surface area contributed by atoms with E-state index in [-0.39, 0.29) is 0 Å². The molecule has 0 aliphatic heterocycles. The van der Waals surface area contributed by atoms with Crippen molar-refractivity contribution in [2.24, 2.45) is 0 Å². The normalized spacial score (nSPS) is 13.2. The Labute approximate surface area is 184 Å². The summed E-state index contributed by atoms with van der Waals surface area (Å²) in [5.41, 5.74) is 4.61. The van der Waals surface area contributed by atoms with Crippen LogP contribution >= 0.6 is 0 Å². The van der Waals surface area contributed by atoms with Gasteiger partial charge in [-0.15, -0.1) is 0 Å².